The predicted molar refractivity (Wildman–Crippen MR) is 113 cm³/mol. The van der Waals surface area contributed by atoms with E-state index in [-0.39, 0.29) is 17.9 Å². The van der Waals surface area contributed by atoms with Crippen molar-refractivity contribution in [1.29, 1.82) is 0 Å². The van der Waals surface area contributed by atoms with Crippen molar-refractivity contribution in [3.8, 4) is 0 Å². The summed E-state index contributed by atoms with van der Waals surface area (Å²) in [5.41, 5.74) is 0. The van der Waals surface area contributed by atoms with Gasteiger partial charge in [0.25, 0.3) is 0 Å². The Kier molecular flexibility index (Phi) is 15.1. The Morgan fingerprint density at radius 1 is 0.852 bits per heavy atom. The second-order valence-electron chi connectivity index (χ2n) is 7.94. The van der Waals surface area contributed by atoms with Gasteiger partial charge in [-0.3, -0.25) is 9.59 Å². The summed E-state index contributed by atoms with van der Waals surface area (Å²) >= 11 is 0. The number of hydrogen-bond donors (Lipinski definition) is 3. The van der Waals surface area contributed by atoms with Crippen LogP contribution in [0.15, 0.2) is 0 Å². The Bertz CT molecular complexity index is 388. The van der Waals surface area contributed by atoms with Gasteiger partial charge >= 0.3 is 0 Å². The van der Waals surface area contributed by atoms with E-state index in [1.807, 2.05) is 0 Å². The van der Waals surface area contributed by atoms with Crippen LogP contribution in [0.3, 0.4) is 0 Å². The van der Waals surface area contributed by atoms with Crippen molar-refractivity contribution in [1.82, 2.24) is 16.0 Å². The predicted octanol–water partition coefficient (Wildman–Crippen LogP) is 4.06. The molecule has 0 bridgehead atoms. The molecule has 0 spiro atoms. The van der Waals surface area contributed by atoms with E-state index in [9.17, 15) is 9.59 Å². The van der Waals surface area contributed by atoms with Gasteiger partial charge in [-0.15, -0.1) is 0 Å². The standard InChI is InChI=1S/C22H43N3O2/c1-2-3-4-5-6-7-8-9-10-11-12-13-17-23-18-14-19-24-22(27)20-15-16-21(26)25-20/h20,23H,2-19H2,1H3,(H,24,27)(H,25,26). The van der Waals surface area contributed by atoms with Gasteiger partial charge < -0.3 is 16.0 Å². The summed E-state index contributed by atoms with van der Waals surface area (Å²) in [5.74, 6) is -0.0546. The van der Waals surface area contributed by atoms with Gasteiger partial charge in [-0.2, -0.15) is 0 Å². The molecule has 0 radical (unpaired) electrons. The topological polar surface area (TPSA) is 70.2 Å². The van der Waals surface area contributed by atoms with Gasteiger partial charge in [0.2, 0.25) is 11.8 Å². The maximum Gasteiger partial charge on any atom is 0.242 e. The summed E-state index contributed by atoms with van der Waals surface area (Å²) in [4.78, 5) is 22.9. The second-order valence-corrected chi connectivity index (χ2v) is 7.94. The first-order valence-electron chi connectivity index (χ1n) is 11.5. The smallest absolute Gasteiger partial charge is 0.242 e. The Balaban J connectivity index is 1.72. The highest BCUT2D eigenvalue weighted by Gasteiger charge is 2.26. The average Bonchev–Trinajstić information content (AvgIpc) is 3.10. The van der Waals surface area contributed by atoms with Crippen molar-refractivity contribution >= 4 is 11.8 Å². The van der Waals surface area contributed by atoms with Crippen molar-refractivity contribution < 1.29 is 9.59 Å². The molecule has 1 aliphatic heterocycles. The van der Waals surface area contributed by atoms with Crippen LogP contribution in [0.1, 0.15) is 103 Å². The third-order valence-electron chi connectivity index (χ3n) is 5.35. The van der Waals surface area contributed by atoms with E-state index in [1.165, 1.54) is 77.0 Å². The first-order valence-corrected chi connectivity index (χ1v) is 11.5. The van der Waals surface area contributed by atoms with E-state index < -0.39 is 0 Å². The molecule has 27 heavy (non-hydrogen) atoms. The van der Waals surface area contributed by atoms with Crippen LogP contribution < -0.4 is 16.0 Å². The van der Waals surface area contributed by atoms with Crippen LogP contribution in [0.4, 0.5) is 0 Å². The molecule has 1 rings (SSSR count). The molecule has 5 nitrogen and oxygen atoms in total. The van der Waals surface area contributed by atoms with Crippen LogP contribution >= 0.6 is 0 Å². The van der Waals surface area contributed by atoms with Crippen molar-refractivity contribution in [3.63, 3.8) is 0 Å². The molecule has 0 aromatic carbocycles. The van der Waals surface area contributed by atoms with Gasteiger partial charge in [0, 0.05) is 13.0 Å². The van der Waals surface area contributed by atoms with E-state index in [1.54, 1.807) is 0 Å². The zero-order valence-corrected chi connectivity index (χ0v) is 17.6. The fourth-order valence-corrected chi connectivity index (χ4v) is 3.57. The van der Waals surface area contributed by atoms with Crippen LogP contribution in [0.2, 0.25) is 0 Å². The molecular weight excluding hydrogens is 338 g/mol. The maximum absolute atomic E-state index is 11.8. The van der Waals surface area contributed by atoms with E-state index in [0.717, 1.165) is 19.5 Å². The molecule has 158 valence electrons. The normalized spacial score (nSPS) is 16.5. The first-order chi connectivity index (χ1) is 13.2. The van der Waals surface area contributed by atoms with Gasteiger partial charge in [0.15, 0.2) is 0 Å². The van der Waals surface area contributed by atoms with Crippen LogP contribution in [-0.2, 0) is 9.59 Å². The second kappa shape index (κ2) is 17.0. The number of hydrogen-bond acceptors (Lipinski definition) is 3. The van der Waals surface area contributed by atoms with Crippen LogP contribution in [0, 0.1) is 0 Å². The number of amides is 2. The molecular formula is C22H43N3O2. The van der Waals surface area contributed by atoms with Crippen LogP contribution in [0.5, 0.6) is 0 Å². The van der Waals surface area contributed by atoms with E-state index in [2.05, 4.69) is 22.9 Å². The van der Waals surface area contributed by atoms with Gasteiger partial charge in [0.1, 0.15) is 6.04 Å². The van der Waals surface area contributed by atoms with Crippen molar-refractivity contribution in [2.24, 2.45) is 0 Å². The third kappa shape index (κ3) is 13.7. The molecule has 1 saturated heterocycles. The molecule has 1 unspecified atom stereocenters. The third-order valence-corrected chi connectivity index (χ3v) is 5.35. The number of carbonyl (C=O) groups is 2. The van der Waals surface area contributed by atoms with Gasteiger partial charge in [-0.25, -0.2) is 0 Å². The fourth-order valence-electron chi connectivity index (χ4n) is 3.57. The highest BCUT2D eigenvalue weighted by atomic mass is 16.2. The minimum atomic E-state index is -0.313. The SMILES string of the molecule is CCCCCCCCCCCCCCNCCCNC(=O)C1CCC(=O)N1. The lowest BCUT2D eigenvalue weighted by atomic mass is 10.1. The van der Waals surface area contributed by atoms with Crippen LogP contribution in [-0.4, -0.2) is 37.5 Å². The highest BCUT2D eigenvalue weighted by molar-refractivity contribution is 5.90. The maximum atomic E-state index is 11.8. The Labute approximate surface area is 166 Å². The Hall–Kier alpha value is -1.10. The van der Waals surface area contributed by atoms with Gasteiger partial charge in [-0.05, 0) is 32.4 Å². The average molecular weight is 382 g/mol. The fraction of sp³-hybridized carbons (Fsp3) is 0.909. The lowest BCUT2D eigenvalue weighted by Crippen LogP contribution is -2.42. The molecule has 2 amide bonds. The number of rotatable bonds is 18. The van der Waals surface area contributed by atoms with Crippen molar-refractivity contribution in [2.45, 2.75) is 109 Å². The molecule has 1 aliphatic rings. The van der Waals surface area contributed by atoms with Gasteiger partial charge in [-0.1, -0.05) is 77.6 Å². The number of carbonyl (C=O) groups excluding carboxylic acids is 2. The zero-order chi connectivity index (χ0) is 19.6. The molecule has 0 aliphatic carbocycles. The largest absolute Gasteiger partial charge is 0.354 e. The molecule has 0 aromatic heterocycles. The molecule has 0 saturated carbocycles. The summed E-state index contributed by atoms with van der Waals surface area (Å²) in [6.45, 7) is 4.96. The minimum absolute atomic E-state index is 0.0146. The molecule has 1 fully saturated rings. The summed E-state index contributed by atoms with van der Waals surface area (Å²) in [5, 5.41) is 9.05. The molecule has 3 N–H and O–H groups in total. The quantitative estimate of drug-likeness (QED) is 0.314. The molecule has 0 aromatic rings. The minimum Gasteiger partial charge on any atom is -0.354 e. The van der Waals surface area contributed by atoms with Crippen LogP contribution in [0.25, 0.3) is 0 Å². The number of unbranched alkanes of at least 4 members (excludes halogenated alkanes) is 11. The van der Waals surface area contributed by atoms with Crippen molar-refractivity contribution in [2.75, 3.05) is 19.6 Å². The van der Waals surface area contributed by atoms with Crippen molar-refractivity contribution in [3.05, 3.63) is 0 Å². The zero-order valence-electron chi connectivity index (χ0n) is 17.6. The molecule has 1 atom stereocenters. The lowest BCUT2D eigenvalue weighted by molar-refractivity contribution is -0.125. The Morgan fingerprint density at radius 2 is 1.41 bits per heavy atom. The summed E-state index contributed by atoms with van der Waals surface area (Å²) in [6.07, 6.45) is 18.6. The highest BCUT2D eigenvalue weighted by Crippen LogP contribution is 2.11. The molecule has 5 heteroatoms. The summed E-state index contributed by atoms with van der Waals surface area (Å²) in [6, 6.07) is -0.313. The van der Waals surface area contributed by atoms with Gasteiger partial charge in [0.05, 0.1) is 0 Å². The monoisotopic (exact) mass is 381 g/mol. The Morgan fingerprint density at radius 3 is 1.96 bits per heavy atom. The summed E-state index contributed by atoms with van der Waals surface area (Å²) < 4.78 is 0. The molecule has 1 heterocycles. The number of nitrogens with one attached hydrogen (secondary N) is 3. The van der Waals surface area contributed by atoms with E-state index in [4.69, 9.17) is 0 Å². The van der Waals surface area contributed by atoms with E-state index in [0.29, 0.717) is 19.4 Å². The first kappa shape index (κ1) is 23.9. The summed E-state index contributed by atoms with van der Waals surface area (Å²) in [7, 11) is 0. The lowest BCUT2D eigenvalue weighted by Gasteiger charge is -2.11. The van der Waals surface area contributed by atoms with E-state index >= 15 is 0 Å².